The highest BCUT2D eigenvalue weighted by Crippen LogP contribution is 2.25. The number of carbonyl (C=O) groups is 2. The number of nitrogens with zero attached hydrogens (tertiary/aromatic N) is 1. The Labute approximate surface area is 152 Å². The Balaban J connectivity index is 2.14. The van der Waals surface area contributed by atoms with E-state index < -0.39 is 12.0 Å². The third-order valence-corrected chi connectivity index (χ3v) is 4.66. The average Bonchev–Trinajstić information content (AvgIpc) is 2.92. The summed E-state index contributed by atoms with van der Waals surface area (Å²) >= 11 is 0. The second kappa shape index (κ2) is 6.77. The fourth-order valence-electron chi connectivity index (χ4n) is 3.54. The van der Waals surface area contributed by atoms with Crippen LogP contribution in [-0.4, -0.2) is 27.6 Å². The lowest BCUT2D eigenvalue weighted by atomic mass is 9.99. The molecule has 134 valence electrons. The Morgan fingerprint density at radius 2 is 1.73 bits per heavy atom. The van der Waals surface area contributed by atoms with Crippen LogP contribution in [0.25, 0.3) is 10.9 Å². The van der Waals surface area contributed by atoms with E-state index in [0.717, 1.165) is 33.2 Å². The molecule has 0 aliphatic rings. The first kappa shape index (κ1) is 17.9. The number of hydrogen-bond donors (Lipinski definition) is 2. The summed E-state index contributed by atoms with van der Waals surface area (Å²) in [5.41, 5.74) is 10.9. The number of hydrogen-bond acceptors (Lipinski definition) is 3. The van der Waals surface area contributed by atoms with Crippen LogP contribution in [0.5, 0.6) is 0 Å². The van der Waals surface area contributed by atoms with Gasteiger partial charge in [0.05, 0.1) is 5.52 Å². The van der Waals surface area contributed by atoms with Gasteiger partial charge in [0, 0.05) is 23.6 Å². The number of aliphatic carboxylic acids is 1. The van der Waals surface area contributed by atoms with E-state index in [0.29, 0.717) is 5.56 Å². The summed E-state index contributed by atoms with van der Waals surface area (Å²) in [5.74, 6) is -1.18. The number of fused-ring (bicyclic) bond motifs is 1. The Bertz CT molecular complexity index is 994. The summed E-state index contributed by atoms with van der Waals surface area (Å²) in [6.45, 7) is 5.87. The van der Waals surface area contributed by atoms with Gasteiger partial charge in [-0.1, -0.05) is 35.9 Å². The van der Waals surface area contributed by atoms with Gasteiger partial charge in [-0.2, -0.15) is 0 Å². The average molecular weight is 350 g/mol. The maximum Gasteiger partial charge on any atom is 0.320 e. The monoisotopic (exact) mass is 350 g/mol. The number of carboxylic acids is 1. The quantitative estimate of drug-likeness (QED) is 0.756. The van der Waals surface area contributed by atoms with Crippen LogP contribution in [0.2, 0.25) is 0 Å². The maximum atomic E-state index is 13.3. The lowest BCUT2D eigenvalue weighted by Crippen LogP contribution is -2.32. The molecule has 0 unspecified atom stereocenters. The van der Waals surface area contributed by atoms with E-state index in [9.17, 15) is 9.59 Å². The Morgan fingerprint density at radius 3 is 2.35 bits per heavy atom. The number of rotatable bonds is 4. The van der Waals surface area contributed by atoms with Crippen LogP contribution in [0.3, 0.4) is 0 Å². The first-order chi connectivity index (χ1) is 12.3. The van der Waals surface area contributed by atoms with E-state index in [1.807, 2.05) is 57.2 Å². The number of para-hydroxylation sites is 1. The summed E-state index contributed by atoms with van der Waals surface area (Å²) in [6, 6.07) is 10.5. The van der Waals surface area contributed by atoms with Crippen molar-refractivity contribution < 1.29 is 14.7 Å². The first-order valence-electron chi connectivity index (χ1n) is 8.49. The second-order valence-electron chi connectivity index (χ2n) is 6.77. The van der Waals surface area contributed by atoms with Crippen molar-refractivity contribution in [3.05, 3.63) is 70.4 Å². The van der Waals surface area contributed by atoms with Crippen molar-refractivity contribution in [2.45, 2.75) is 33.2 Å². The predicted molar refractivity (Wildman–Crippen MR) is 102 cm³/mol. The van der Waals surface area contributed by atoms with E-state index in [4.69, 9.17) is 10.8 Å². The van der Waals surface area contributed by atoms with E-state index in [1.165, 1.54) is 0 Å². The predicted octanol–water partition coefficient (Wildman–Crippen LogP) is 3.21. The molecular weight excluding hydrogens is 328 g/mol. The zero-order chi connectivity index (χ0) is 19.0. The zero-order valence-corrected chi connectivity index (χ0v) is 15.1. The van der Waals surface area contributed by atoms with Gasteiger partial charge in [-0.3, -0.25) is 14.2 Å². The van der Waals surface area contributed by atoms with Crippen molar-refractivity contribution in [1.82, 2.24) is 4.57 Å². The minimum Gasteiger partial charge on any atom is -0.480 e. The van der Waals surface area contributed by atoms with Gasteiger partial charge in [-0.05, 0) is 43.5 Å². The fourth-order valence-corrected chi connectivity index (χ4v) is 3.54. The van der Waals surface area contributed by atoms with Gasteiger partial charge in [0.25, 0.3) is 5.91 Å². The smallest absolute Gasteiger partial charge is 0.320 e. The standard InChI is InChI=1S/C21H22N2O3/c1-12-8-13(2)19(14(3)9-12)20(24)23-11-15(10-17(22)21(25)26)16-6-4-5-7-18(16)23/h4-9,11,17H,10,22H2,1-3H3,(H,25,26)/t17-/m1/s1. The van der Waals surface area contributed by atoms with Crippen molar-refractivity contribution in [3.63, 3.8) is 0 Å². The highest BCUT2D eigenvalue weighted by molar-refractivity contribution is 6.04. The number of nitrogens with two attached hydrogens (primary N) is 1. The van der Waals surface area contributed by atoms with Gasteiger partial charge >= 0.3 is 5.97 Å². The molecule has 0 aliphatic carbocycles. The molecule has 0 saturated carbocycles. The second-order valence-corrected chi connectivity index (χ2v) is 6.77. The SMILES string of the molecule is Cc1cc(C)c(C(=O)n2cc(C[C@@H](N)C(=O)O)c3ccccc32)c(C)c1. The molecule has 1 heterocycles. The molecule has 2 aromatic carbocycles. The molecule has 0 radical (unpaired) electrons. The lowest BCUT2D eigenvalue weighted by Gasteiger charge is -2.11. The minimum atomic E-state index is -1.06. The molecule has 1 atom stereocenters. The van der Waals surface area contributed by atoms with Gasteiger partial charge in [-0.15, -0.1) is 0 Å². The van der Waals surface area contributed by atoms with Crippen LogP contribution in [-0.2, 0) is 11.2 Å². The van der Waals surface area contributed by atoms with Crippen molar-refractivity contribution in [1.29, 1.82) is 0 Å². The summed E-state index contributed by atoms with van der Waals surface area (Å²) in [4.78, 5) is 24.4. The van der Waals surface area contributed by atoms with Gasteiger partial charge in [-0.25, -0.2) is 0 Å². The third-order valence-electron chi connectivity index (χ3n) is 4.66. The summed E-state index contributed by atoms with van der Waals surface area (Å²) in [6.07, 6.45) is 1.89. The lowest BCUT2D eigenvalue weighted by molar-refractivity contribution is -0.138. The number of benzene rings is 2. The molecule has 0 bridgehead atoms. The molecule has 1 aromatic heterocycles. The van der Waals surface area contributed by atoms with Crippen LogP contribution < -0.4 is 5.73 Å². The van der Waals surface area contributed by atoms with Crippen LogP contribution >= 0.6 is 0 Å². The van der Waals surface area contributed by atoms with E-state index in [-0.39, 0.29) is 12.3 Å². The highest BCUT2D eigenvalue weighted by atomic mass is 16.4. The van der Waals surface area contributed by atoms with Crippen LogP contribution in [0.1, 0.15) is 32.6 Å². The molecule has 3 N–H and O–H groups in total. The van der Waals surface area contributed by atoms with Crippen LogP contribution in [0, 0.1) is 20.8 Å². The molecule has 26 heavy (non-hydrogen) atoms. The number of carbonyl (C=O) groups excluding carboxylic acids is 1. The van der Waals surface area contributed by atoms with Crippen molar-refractivity contribution in [2.75, 3.05) is 0 Å². The normalized spacial score (nSPS) is 12.3. The number of aromatic nitrogens is 1. The van der Waals surface area contributed by atoms with E-state index in [1.54, 1.807) is 10.8 Å². The molecule has 0 amide bonds. The van der Waals surface area contributed by atoms with Gasteiger partial charge in [0.15, 0.2) is 0 Å². The molecule has 5 nitrogen and oxygen atoms in total. The van der Waals surface area contributed by atoms with Crippen molar-refractivity contribution >= 4 is 22.8 Å². The van der Waals surface area contributed by atoms with Gasteiger partial charge in [0.1, 0.15) is 6.04 Å². The summed E-state index contributed by atoms with van der Waals surface area (Å²) < 4.78 is 1.60. The molecule has 3 aromatic rings. The van der Waals surface area contributed by atoms with E-state index >= 15 is 0 Å². The van der Waals surface area contributed by atoms with Crippen LogP contribution in [0.15, 0.2) is 42.6 Å². The molecule has 0 aliphatic heterocycles. The number of carboxylic acid groups (broad SMARTS) is 1. The molecule has 3 rings (SSSR count). The van der Waals surface area contributed by atoms with Crippen LogP contribution in [0.4, 0.5) is 0 Å². The van der Waals surface area contributed by atoms with E-state index in [2.05, 4.69) is 0 Å². The molecule has 0 fully saturated rings. The summed E-state index contributed by atoms with van der Waals surface area (Å²) in [5, 5.41) is 9.96. The molecular formula is C21H22N2O3. The Kier molecular flexibility index (Phi) is 4.66. The zero-order valence-electron chi connectivity index (χ0n) is 15.1. The van der Waals surface area contributed by atoms with Gasteiger partial charge < -0.3 is 10.8 Å². The van der Waals surface area contributed by atoms with Gasteiger partial charge in [0.2, 0.25) is 0 Å². The van der Waals surface area contributed by atoms with Crippen molar-refractivity contribution in [3.8, 4) is 0 Å². The highest BCUT2D eigenvalue weighted by Gasteiger charge is 2.21. The first-order valence-corrected chi connectivity index (χ1v) is 8.49. The maximum absolute atomic E-state index is 13.3. The summed E-state index contributed by atoms with van der Waals surface area (Å²) in [7, 11) is 0. The molecule has 0 saturated heterocycles. The topological polar surface area (TPSA) is 85.3 Å². The minimum absolute atomic E-state index is 0.119. The number of aryl methyl sites for hydroxylation is 3. The Morgan fingerprint density at radius 1 is 1.12 bits per heavy atom. The largest absolute Gasteiger partial charge is 0.480 e. The van der Waals surface area contributed by atoms with Crippen molar-refractivity contribution in [2.24, 2.45) is 5.73 Å². The third kappa shape index (κ3) is 3.13. The Hall–Kier alpha value is -2.92. The molecule has 0 spiro atoms. The molecule has 5 heteroatoms. The fraction of sp³-hybridized carbons (Fsp3) is 0.238.